The maximum atomic E-state index is 12.4. The van der Waals surface area contributed by atoms with Gasteiger partial charge in [0.15, 0.2) is 0 Å². The molecule has 176 valence electrons. The van der Waals surface area contributed by atoms with Crippen molar-refractivity contribution < 1.29 is 24.2 Å². The molecule has 0 saturated heterocycles. The van der Waals surface area contributed by atoms with Gasteiger partial charge in [0.05, 0.1) is 17.4 Å². The Labute approximate surface area is 199 Å². The molecule has 1 aliphatic carbocycles. The van der Waals surface area contributed by atoms with E-state index in [1.165, 1.54) is 43.6 Å². The lowest BCUT2D eigenvalue weighted by molar-refractivity contribution is -0.115. The van der Waals surface area contributed by atoms with Crippen LogP contribution in [0.1, 0.15) is 55.8 Å². The molecule has 6 nitrogen and oxygen atoms in total. The lowest BCUT2D eigenvalue weighted by atomic mass is 10.1. The monoisotopic (exact) mass is 459 g/mol. The topological polar surface area (TPSA) is 76.1 Å². The highest BCUT2D eigenvalue weighted by atomic mass is 16.5. The van der Waals surface area contributed by atoms with Crippen molar-refractivity contribution >= 4 is 23.3 Å². The van der Waals surface area contributed by atoms with Gasteiger partial charge in [0.25, 0.3) is 0 Å². The van der Waals surface area contributed by atoms with Gasteiger partial charge in [0.2, 0.25) is 5.91 Å². The number of carboxylic acids is 1. The van der Waals surface area contributed by atoms with Crippen LogP contribution in [0.4, 0.5) is 11.4 Å². The molecule has 1 amide bonds. The standard InChI is InChI=1S/C28H29NO5/c1-20(30)29(27-11-7-6-10-26(27)28(31)32)21-12-14-23(15-13-21)34-25-18-16-24(17-19-25)33-22-8-4-2-3-5-9-22/h6-7,10-19,22H,2-5,8-9H2,1H3,(H,31,32). The van der Waals surface area contributed by atoms with E-state index < -0.39 is 5.97 Å². The van der Waals surface area contributed by atoms with Gasteiger partial charge in [-0.1, -0.05) is 25.0 Å². The molecule has 0 spiro atoms. The highest BCUT2D eigenvalue weighted by molar-refractivity contribution is 6.05. The van der Waals surface area contributed by atoms with E-state index in [9.17, 15) is 14.7 Å². The quantitative estimate of drug-likeness (QED) is 0.386. The smallest absolute Gasteiger partial charge is 0.337 e. The van der Waals surface area contributed by atoms with Gasteiger partial charge >= 0.3 is 5.97 Å². The number of amides is 1. The summed E-state index contributed by atoms with van der Waals surface area (Å²) in [6.45, 7) is 1.40. The summed E-state index contributed by atoms with van der Waals surface area (Å²) < 4.78 is 12.1. The highest BCUT2D eigenvalue weighted by Gasteiger charge is 2.20. The van der Waals surface area contributed by atoms with Gasteiger partial charge in [0.1, 0.15) is 17.2 Å². The predicted octanol–water partition coefficient (Wildman–Crippen LogP) is 6.96. The number of carbonyl (C=O) groups excluding carboxylic acids is 1. The lowest BCUT2D eigenvalue weighted by Gasteiger charge is -2.23. The summed E-state index contributed by atoms with van der Waals surface area (Å²) in [5.74, 6) is 0.764. The van der Waals surface area contributed by atoms with E-state index in [-0.39, 0.29) is 17.6 Å². The fourth-order valence-electron chi connectivity index (χ4n) is 4.28. The molecular formula is C28H29NO5. The van der Waals surface area contributed by atoms with Crippen LogP contribution in [0.25, 0.3) is 0 Å². The van der Waals surface area contributed by atoms with Crippen LogP contribution < -0.4 is 14.4 Å². The number of carboxylic acid groups (broad SMARTS) is 1. The molecule has 0 unspecified atom stereocenters. The SMILES string of the molecule is CC(=O)N(c1ccc(Oc2ccc(OC3CCCCCC3)cc2)cc1)c1ccccc1C(=O)O. The molecule has 1 saturated carbocycles. The van der Waals surface area contributed by atoms with Gasteiger partial charge in [0, 0.05) is 12.6 Å². The van der Waals surface area contributed by atoms with Crippen molar-refractivity contribution in [2.75, 3.05) is 4.90 Å². The molecule has 4 rings (SSSR count). The van der Waals surface area contributed by atoms with Crippen molar-refractivity contribution in [2.45, 2.75) is 51.6 Å². The van der Waals surface area contributed by atoms with E-state index >= 15 is 0 Å². The maximum Gasteiger partial charge on any atom is 0.337 e. The van der Waals surface area contributed by atoms with Crippen molar-refractivity contribution in [1.82, 2.24) is 0 Å². The Morgan fingerprint density at radius 2 is 1.35 bits per heavy atom. The number of para-hydroxylation sites is 1. The Bertz CT molecular complexity index is 1120. The van der Waals surface area contributed by atoms with Crippen molar-refractivity contribution in [3.8, 4) is 17.2 Å². The minimum Gasteiger partial charge on any atom is -0.490 e. The molecule has 3 aromatic carbocycles. The highest BCUT2D eigenvalue weighted by Crippen LogP contribution is 2.32. The van der Waals surface area contributed by atoms with Crippen LogP contribution in [-0.4, -0.2) is 23.1 Å². The van der Waals surface area contributed by atoms with Crippen molar-refractivity contribution in [2.24, 2.45) is 0 Å². The molecule has 0 heterocycles. The van der Waals surface area contributed by atoms with Gasteiger partial charge in [-0.05, 0) is 86.3 Å². The van der Waals surface area contributed by atoms with E-state index in [0.717, 1.165) is 18.6 Å². The summed E-state index contributed by atoms with van der Waals surface area (Å²) in [4.78, 5) is 25.4. The first-order valence-corrected chi connectivity index (χ1v) is 11.7. The van der Waals surface area contributed by atoms with Crippen LogP contribution >= 0.6 is 0 Å². The van der Waals surface area contributed by atoms with Crippen LogP contribution in [0.5, 0.6) is 17.2 Å². The molecule has 1 N–H and O–H groups in total. The number of rotatable bonds is 7. The molecule has 1 aliphatic rings. The molecule has 34 heavy (non-hydrogen) atoms. The summed E-state index contributed by atoms with van der Waals surface area (Å²) in [5.41, 5.74) is 0.935. The van der Waals surface area contributed by atoms with Gasteiger partial charge < -0.3 is 14.6 Å². The van der Waals surface area contributed by atoms with Crippen molar-refractivity contribution in [3.05, 3.63) is 78.4 Å². The minimum atomic E-state index is -1.09. The van der Waals surface area contributed by atoms with Crippen LogP contribution in [0.2, 0.25) is 0 Å². The first kappa shape index (κ1) is 23.4. The zero-order chi connectivity index (χ0) is 23.9. The van der Waals surface area contributed by atoms with E-state index in [0.29, 0.717) is 22.9 Å². The Kier molecular flexibility index (Phi) is 7.48. The van der Waals surface area contributed by atoms with Gasteiger partial charge in [-0.15, -0.1) is 0 Å². The number of nitrogens with zero attached hydrogens (tertiary/aromatic N) is 1. The van der Waals surface area contributed by atoms with Crippen molar-refractivity contribution in [1.29, 1.82) is 0 Å². The van der Waals surface area contributed by atoms with Crippen molar-refractivity contribution in [3.63, 3.8) is 0 Å². The minimum absolute atomic E-state index is 0.0594. The molecule has 0 atom stereocenters. The summed E-state index contributed by atoms with van der Waals surface area (Å²) >= 11 is 0. The van der Waals surface area contributed by atoms with Crippen LogP contribution in [0.3, 0.4) is 0 Å². The second-order valence-corrected chi connectivity index (χ2v) is 8.48. The Morgan fingerprint density at radius 3 is 1.94 bits per heavy atom. The molecular weight excluding hydrogens is 430 g/mol. The van der Waals surface area contributed by atoms with Gasteiger partial charge in [-0.25, -0.2) is 4.79 Å². The van der Waals surface area contributed by atoms with Crippen LogP contribution in [-0.2, 0) is 4.79 Å². The second-order valence-electron chi connectivity index (χ2n) is 8.48. The lowest BCUT2D eigenvalue weighted by Crippen LogP contribution is -2.24. The third-order valence-corrected chi connectivity index (χ3v) is 5.95. The number of carbonyl (C=O) groups is 2. The Morgan fingerprint density at radius 1 is 0.794 bits per heavy atom. The molecule has 0 aliphatic heterocycles. The number of ether oxygens (including phenoxy) is 2. The summed E-state index contributed by atoms with van der Waals surface area (Å²) in [5, 5.41) is 9.51. The predicted molar refractivity (Wildman–Crippen MR) is 131 cm³/mol. The average molecular weight is 460 g/mol. The van der Waals surface area contributed by atoms with Gasteiger partial charge in [-0.3, -0.25) is 9.69 Å². The van der Waals surface area contributed by atoms with E-state index in [2.05, 4.69) is 0 Å². The number of hydrogen-bond donors (Lipinski definition) is 1. The Hall–Kier alpha value is -3.80. The molecule has 3 aromatic rings. The average Bonchev–Trinajstić information content (AvgIpc) is 3.10. The van der Waals surface area contributed by atoms with E-state index in [1.807, 2.05) is 24.3 Å². The summed E-state index contributed by atoms with van der Waals surface area (Å²) in [6.07, 6.45) is 7.55. The third-order valence-electron chi connectivity index (χ3n) is 5.95. The maximum absolute atomic E-state index is 12.4. The first-order valence-electron chi connectivity index (χ1n) is 11.7. The van der Waals surface area contributed by atoms with E-state index in [1.54, 1.807) is 42.5 Å². The molecule has 0 radical (unpaired) electrons. The molecule has 0 aromatic heterocycles. The zero-order valence-corrected chi connectivity index (χ0v) is 19.3. The first-order chi connectivity index (χ1) is 16.5. The number of anilines is 2. The Balaban J connectivity index is 1.45. The summed E-state index contributed by atoms with van der Waals surface area (Å²) in [7, 11) is 0. The van der Waals surface area contributed by atoms with Gasteiger partial charge in [-0.2, -0.15) is 0 Å². The van der Waals surface area contributed by atoms with Crippen LogP contribution in [0, 0.1) is 0 Å². The second kappa shape index (κ2) is 10.9. The number of benzene rings is 3. The molecule has 1 fully saturated rings. The normalized spacial score (nSPS) is 14.1. The molecule has 0 bridgehead atoms. The van der Waals surface area contributed by atoms with Crippen LogP contribution in [0.15, 0.2) is 72.8 Å². The van der Waals surface area contributed by atoms with E-state index in [4.69, 9.17) is 9.47 Å². The molecule has 6 heteroatoms. The number of aromatic carboxylic acids is 1. The largest absolute Gasteiger partial charge is 0.490 e. The fourth-order valence-corrected chi connectivity index (χ4v) is 4.28. The number of hydrogen-bond acceptors (Lipinski definition) is 4. The third kappa shape index (κ3) is 5.76. The summed E-state index contributed by atoms with van der Waals surface area (Å²) in [6, 6.07) is 21.0. The zero-order valence-electron chi connectivity index (χ0n) is 19.3. The fraction of sp³-hybridized carbons (Fsp3) is 0.286.